The topological polar surface area (TPSA) is 20.2 Å². The molecule has 0 radical (unpaired) electrons. The van der Waals surface area contributed by atoms with Gasteiger partial charge in [0.2, 0.25) is 0 Å². The summed E-state index contributed by atoms with van der Waals surface area (Å²) in [5.74, 6) is 0.404. The highest BCUT2D eigenvalue weighted by molar-refractivity contribution is 5.86. The zero-order valence-electron chi connectivity index (χ0n) is 16.5. The SMILES string of the molecule is c1ccc([C@@H]2CN(c3ccccc3)Cn3c4c(c5ccccc53)CCN[C@H]42)cc1. The molecule has 6 rings (SSSR count). The van der Waals surface area contributed by atoms with E-state index in [1.807, 2.05) is 0 Å². The predicted molar refractivity (Wildman–Crippen MR) is 119 cm³/mol. The van der Waals surface area contributed by atoms with Gasteiger partial charge in [-0.3, -0.25) is 0 Å². The van der Waals surface area contributed by atoms with Gasteiger partial charge in [0.15, 0.2) is 0 Å². The van der Waals surface area contributed by atoms with Gasteiger partial charge in [0.1, 0.15) is 0 Å². The van der Waals surface area contributed by atoms with Crippen molar-refractivity contribution in [3.05, 3.63) is 102 Å². The maximum absolute atomic E-state index is 3.89. The second-order valence-corrected chi connectivity index (χ2v) is 8.21. The van der Waals surface area contributed by atoms with Crippen LogP contribution in [-0.2, 0) is 13.1 Å². The van der Waals surface area contributed by atoms with Gasteiger partial charge < -0.3 is 14.8 Å². The first-order valence-corrected chi connectivity index (χ1v) is 10.6. The lowest BCUT2D eigenvalue weighted by atomic mass is 9.85. The van der Waals surface area contributed by atoms with E-state index < -0.39 is 0 Å². The maximum atomic E-state index is 3.89. The number of fused-ring (bicyclic) bond motifs is 3. The summed E-state index contributed by atoms with van der Waals surface area (Å²) in [5.41, 5.74) is 7.10. The lowest BCUT2D eigenvalue weighted by Crippen LogP contribution is -2.36. The average molecular weight is 380 g/mol. The molecule has 2 atom stereocenters. The van der Waals surface area contributed by atoms with Gasteiger partial charge in [-0.05, 0) is 42.3 Å². The third-order valence-corrected chi connectivity index (χ3v) is 6.63. The van der Waals surface area contributed by atoms with Crippen LogP contribution in [0.4, 0.5) is 5.69 Å². The van der Waals surface area contributed by atoms with Crippen molar-refractivity contribution in [2.24, 2.45) is 0 Å². The molecular weight excluding hydrogens is 354 g/mol. The van der Waals surface area contributed by atoms with Crippen molar-refractivity contribution >= 4 is 16.6 Å². The van der Waals surface area contributed by atoms with Crippen molar-refractivity contribution in [1.82, 2.24) is 9.88 Å². The van der Waals surface area contributed by atoms with Crippen LogP contribution < -0.4 is 10.2 Å². The summed E-state index contributed by atoms with van der Waals surface area (Å²) in [7, 11) is 0. The van der Waals surface area contributed by atoms with Crippen molar-refractivity contribution in [2.45, 2.75) is 25.0 Å². The number of aromatic nitrogens is 1. The van der Waals surface area contributed by atoms with Crippen LogP contribution in [0.3, 0.4) is 0 Å². The summed E-state index contributed by atoms with van der Waals surface area (Å²) in [6.07, 6.45) is 1.10. The molecule has 2 aliphatic heterocycles. The van der Waals surface area contributed by atoms with Crippen molar-refractivity contribution < 1.29 is 0 Å². The Morgan fingerprint density at radius 2 is 1.52 bits per heavy atom. The number of benzene rings is 3. The molecule has 3 heterocycles. The van der Waals surface area contributed by atoms with Crippen LogP contribution >= 0.6 is 0 Å². The number of nitrogens with zero attached hydrogens (tertiary/aromatic N) is 2. The van der Waals surface area contributed by atoms with Gasteiger partial charge in [0.25, 0.3) is 0 Å². The third-order valence-electron chi connectivity index (χ3n) is 6.63. The van der Waals surface area contributed by atoms with Crippen molar-refractivity contribution in [3.63, 3.8) is 0 Å². The molecule has 3 aromatic carbocycles. The Morgan fingerprint density at radius 1 is 0.793 bits per heavy atom. The van der Waals surface area contributed by atoms with E-state index >= 15 is 0 Å². The molecule has 0 fully saturated rings. The Bertz CT molecular complexity index is 1150. The predicted octanol–water partition coefficient (Wildman–Crippen LogP) is 5.09. The number of anilines is 1. The van der Waals surface area contributed by atoms with E-state index in [-0.39, 0.29) is 0 Å². The molecule has 0 aliphatic carbocycles. The Kier molecular flexibility index (Phi) is 3.95. The number of nitrogens with one attached hydrogen (secondary N) is 1. The molecule has 0 saturated carbocycles. The summed E-state index contributed by atoms with van der Waals surface area (Å²) in [6, 6.07) is 31.2. The van der Waals surface area contributed by atoms with E-state index in [0.29, 0.717) is 12.0 Å². The molecule has 144 valence electrons. The minimum atomic E-state index is 0.335. The van der Waals surface area contributed by atoms with Gasteiger partial charge in [0.05, 0.1) is 18.2 Å². The highest BCUT2D eigenvalue weighted by Gasteiger charge is 2.37. The largest absolute Gasteiger partial charge is 0.353 e. The Balaban J connectivity index is 1.59. The van der Waals surface area contributed by atoms with E-state index in [4.69, 9.17) is 0 Å². The standard InChI is InChI=1S/C26H25N3/c1-3-9-19(10-4-1)23-17-28(20-11-5-2-6-12-20)18-29-24-14-8-7-13-21(24)22-15-16-27-25(23)26(22)29/h1-14,23,25,27H,15-18H2/t23-,25-/m0/s1. The summed E-state index contributed by atoms with van der Waals surface area (Å²) < 4.78 is 2.57. The summed E-state index contributed by atoms with van der Waals surface area (Å²) in [4.78, 5) is 2.55. The molecule has 3 nitrogen and oxygen atoms in total. The molecule has 0 unspecified atom stereocenters. The monoisotopic (exact) mass is 379 g/mol. The Morgan fingerprint density at radius 3 is 2.34 bits per heavy atom. The molecule has 29 heavy (non-hydrogen) atoms. The molecule has 1 N–H and O–H groups in total. The number of hydrogen-bond acceptors (Lipinski definition) is 2. The summed E-state index contributed by atoms with van der Waals surface area (Å²) in [5, 5.41) is 5.32. The Labute approximate surface area is 171 Å². The van der Waals surface area contributed by atoms with E-state index in [2.05, 4.69) is 99.7 Å². The summed E-state index contributed by atoms with van der Waals surface area (Å²) >= 11 is 0. The zero-order chi connectivity index (χ0) is 19.2. The first kappa shape index (κ1) is 16.9. The fraction of sp³-hybridized carbons (Fsp3) is 0.231. The zero-order valence-corrected chi connectivity index (χ0v) is 16.5. The maximum Gasteiger partial charge on any atom is 0.0949 e. The number of para-hydroxylation sites is 2. The van der Waals surface area contributed by atoms with Gasteiger partial charge in [-0.15, -0.1) is 0 Å². The minimum Gasteiger partial charge on any atom is -0.353 e. The molecule has 3 heteroatoms. The molecule has 0 spiro atoms. The van der Waals surface area contributed by atoms with E-state index in [1.54, 1.807) is 5.56 Å². The normalized spacial score (nSPS) is 21.0. The van der Waals surface area contributed by atoms with Crippen molar-refractivity contribution in [1.29, 1.82) is 0 Å². The molecule has 0 amide bonds. The van der Waals surface area contributed by atoms with Crippen LogP contribution in [0.5, 0.6) is 0 Å². The van der Waals surface area contributed by atoms with Crippen LogP contribution in [0.1, 0.15) is 28.8 Å². The van der Waals surface area contributed by atoms with Gasteiger partial charge in [-0.25, -0.2) is 0 Å². The first-order valence-electron chi connectivity index (χ1n) is 10.6. The second kappa shape index (κ2) is 6.78. The quantitative estimate of drug-likeness (QED) is 0.523. The lowest BCUT2D eigenvalue weighted by molar-refractivity contribution is 0.427. The second-order valence-electron chi connectivity index (χ2n) is 8.21. The highest BCUT2D eigenvalue weighted by Crippen LogP contribution is 2.43. The van der Waals surface area contributed by atoms with Crippen molar-refractivity contribution in [3.8, 4) is 0 Å². The smallest absolute Gasteiger partial charge is 0.0949 e. The Hall–Kier alpha value is -3.04. The van der Waals surface area contributed by atoms with Crippen LogP contribution in [0.25, 0.3) is 10.9 Å². The van der Waals surface area contributed by atoms with Gasteiger partial charge in [0, 0.05) is 29.2 Å². The van der Waals surface area contributed by atoms with E-state index in [1.165, 1.54) is 27.8 Å². The fourth-order valence-electron chi connectivity index (χ4n) is 5.34. The number of hydrogen-bond donors (Lipinski definition) is 1. The van der Waals surface area contributed by atoms with Crippen LogP contribution in [0.2, 0.25) is 0 Å². The molecule has 0 bridgehead atoms. The summed E-state index contributed by atoms with van der Waals surface area (Å²) in [6.45, 7) is 2.93. The first-order chi connectivity index (χ1) is 14.4. The van der Waals surface area contributed by atoms with E-state index in [9.17, 15) is 0 Å². The number of rotatable bonds is 2. The van der Waals surface area contributed by atoms with Crippen molar-refractivity contribution in [2.75, 3.05) is 18.0 Å². The van der Waals surface area contributed by atoms with Gasteiger partial charge in [-0.1, -0.05) is 66.7 Å². The van der Waals surface area contributed by atoms with Crippen LogP contribution in [-0.4, -0.2) is 17.7 Å². The third kappa shape index (κ3) is 2.69. The highest BCUT2D eigenvalue weighted by atomic mass is 15.3. The van der Waals surface area contributed by atoms with Gasteiger partial charge in [-0.2, -0.15) is 0 Å². The van der Waals surface area contributed by atoms with E-state index in [0.717, 1.165) is 26.2 Å². The molecule has 4 aromatic rings. The lowest BCUT2D eigenvalue weighted by Gasteiger charge is -2.33. The average Bonchev–Trinajstić information content (AvgIpc) is 3.00. The molecule has 2 aliphatic rings. The van der Waals surface area contributed by atoms with Crippen LogP contribution in [0.15, 0.2) is 84.9 Å². The minimum absolute atomic E-state index is 0.335. The molecule has 0 saturated heterocycles. The molecule has 1 aromatic heterocycles. The molecular formula is C26H25N3. The fourth-order valence-corrected chi connectivity index (χ4v) is 5.34. The van der Waals surface area contributed by atoms with Gasteiger partial charge >= 0.3 is 0 Å². The van der Waals surface area contributed by atoms with Crippen LogP contribution in [0, 0.1) is 0 Å².